The molecule has 1 unspecified atom stereocenters. The van der Waals surface area contributed by atoms with Gasteiger partial charge in [0.2, 0.25) is 10.0 Å². The summed E-state index contributed by atoms with van der Waals surface area (Å²) in [5.74, 6) is -0.537. The Balaban J connectivity index is 3.09. The molecule has 0 aliphatic rings. The lowest BCUT2D eigenvalue weighted by Crippen LogP contribution is -2.22. The van der Waals surface area contributed by atoms with Crippen molar-refractivity contribution in [2.75, 3.05) is 16.4 Å². The summed E-state index contributed by atoms with van der Waals surface area (Å²) >= 11 is 5.51. The van der Waals surface area contributed by atoms with Crippen LogP contribution in [0, 0.1) is 17.2 Å². The summed E-state index contributed by atoms with van der Waals surface area (Å²) in [5.41, 5.74) is -2.00. The van der Waals surface area contributed by atoms with E-state index in [-0.39, 0.29) is 23.2 Å². The van der Waals surface area contributed by atoms with E-state index in [9.17, 15) is 21.6 Å². The van der Waals surface area contributed by atoms with E-state index in [0.29, 0.717) is 6.07 Å². The molecule has 0 radical (unpaired) electrons. The average Bonchev–Trinajstić information content (AvgIpc) is 2.36. The molecule has 1 aromatic carbocycles. The Morgan fingerprint density at radius 1 is 1.43 bits per heavy atom. The van der Waals surface area contributed by atoms with E-state index in [1.807, 2.05) is 0 Å². The van der Waals surface area contributed by atoms with Crippen molar-refractivity contribution in [3.8, 4) is 6.07 Å². The van der Waals surface area contributed by atoms with Crippen LogP contribution in [0.1, 0.15) is 18.1 Å². The molecule has 0 saturated heterocycles. The smallest absolute Gasteiger partial charge is 0.284 e. The number of nitriles is 1. The maximum atomic E-state index is 12.8. The molecule has 0 heterocycles. The lowest BCUT2D eigenvalue weighted by atomic mass is 10.1. The zero-order valence-corrected chi connectivity index (χ0v) is 12.5. The number of halogens is 4. The Morgan fingerprint density at radius 2 is 2.05 bits per heavy atom. The minimum atomic E-state index is -4.74. The Morgan fingerprint density at radius 3 is 2.52 bits per heavy atom. The van der Waals surface area contributed by atoms with Crippen molar-refractivity contribution in [3.05, 3.63) is 29.3 Å². The summed E-state index contributed by atoms with van der Waals surface area (Å²) < 4.78 is 63.9. The van der Waals surface area contributed by atoms with Crippen molar-refractivity contribution in [1.82, 2.24) is 0 Å². The van der Waals surface area contributed by atoms with Crippen LogP contribution in [0.4, 0.5) is 18.9 Å². The van der Waals surface area contributed by atoms with Crippen LogP contribution < -0.4 is 4.72 Å². The molecular weight excluding hydrogens is 329 g/mol. The molecule has 116 valence electrons. The Labute approximate surface area is 125 Å². The largest absolute Gasteiger partial charge is 0.417 e. The maximum Gasteiger partial charge on any atom is 0.417 e. The number of anilines is 1. The third-order valence-electron chi connectivity index (χ3n) is 2.49. The summed E-state index contributed by atoms with van der Waals surface area (Å²) in [4.78, 5) is 0. The zero-order chi connectivity index (χ0) is 16.3. The second-order valence-corrected chi connectivity index (χ2v) is 6.59. The quantitative estimate of drug-likeness (QED) is 0.837. The van der Waals surface area contributed by atoms with Gasteiger partial charge in [-0.15, -0.1) is 11.6 Å². The fourth-order valence-electron chi connectivity index (χ4n) is 1.58. The molecule has 1 aromatic rings. The van der Waals surface area contributed by atoms with Gasteiger partial charge >= 0.3 is 6.18 Å². The molecule has 0 saturated carbocycles. The van der Waals surface area contributed by atoms with E-state index in [4.69, 9.17) is 16.9 Å². The summed E-state index contributed by atoms with van der Waals surface area (Å²) in [5, 5.41) is 8.65. The van der Waals surface area contributed by atoms with Gasteiger partial charge in [0.15, 0.2) is 0 Å². The first-order valence-corrected chi connectivity index (χ1v) is 7.95. The standard InChI is InChI=1S/C12H12ClF3N2O2S/c1-8(5-13)7-21(19,20)18-10-3-2-9(6-17)11(4-10)12(14,15)16/h2-4,8,18H,5,7H2,1H3. The second kappa shape index (κ2) is 6.54. The number of sulfonamides is 1. The minimum Gasteiger partial charge on any atom is -0.284 e. The first-order valence-electron chi connectivity index (χ1n) is 5.77. The normalized spacial score (nSPS) is 13.5. The van der Waals surface area contributed by atoms with Crippen LogP contribution in [0.5, 0.6) is 0 Å². The summed E-state index contributed by atoms with van der Waals surface area (Å²) in [7, 11) is -3.81. The van der Waals surface area contributed by atoms with Gasteiger partial charge in [-0.1, -0.05) is 6.92 Å². The predicted molar refractivity (Wildman–Crippen MR) is 73.5 cm³/mol. The average molecular weight is 341 g/mol. The summed E-state index contributed by atoms with van der Waals surface area (Å²) in [6, 6.07) is 4.05. The topological polar surface area (TPSA) is 70.0 Å². The lowest BCUT2D eigenvalue weighted by Gasteiger charge is -2.14. The number of alkyl halides is 4. The van der Waals surface area contributed by atoms with Crippen LogP contribution in [-0.4, -0.2) is 20.1 Å². The monoisotopic (exact) mass is 340 g/mol. The van der Waals surface area contributed by atoms with E-state index in [0.717, 1.165) is 12.1 Å². The van der Waals surface area contributed by atoms with Crippen molar-refractivity contribution in [3.63, 3.8) is 0 Å². The van der Waals surface area contributed by atoms with E-state index in [1.54, 1.807) is 6.92 Å². The van der Waals surface area contributed by atoms with Crippen LogP contribution >= 0.6 is 11.6 Å². The SMILES string of the molecule is CC(CCl)CS(=O)(=O)Nc1ccc(C#N)c(C(F)(F)F)c1. The fourth-order valence-corrected chi connectivity index (χ4v) is 3.26. The molecule has 9 heteroatoms. The van der Waals surface area contributed by atoms with E-state index in [1.165, 1.54) is 6.07 Å². The molecule has 4 nitrogen and oxygen atoms in total. The number of rotatable bonds is 5. The van der Waals surface area contributed by atoms with Crippen molar-refractivity contribution >= 4 is 27.3 Å². The molecule has 0 aromatic heterocycles. The van der Waals surface area contributed by atoms with E-state index >= 15 is 0 Å². The molecule has 0 fully saturated rings. The van der Waals surface area contributed by atoms with Gasteiger partial charge in [-0.05, 0) is 24.1 Å². The molecule has 0 aliphatic heterocycles. The van der Waals surface area contributed by atoms with Crippen LogP contribution in [0.25, 0.3) is 0 Å². The molecule has 1 atom stereocenters. The Bertz CT molecular complexity index is 653. The van der Waals surface area contributed by atoms with Gasteiger partial charge in [0, 0.05) is 11.6 Å². The van der Waals surface area contributed by atoms with Gasteiger partial charge in [-0.3, -0.25) is 4.72 Å². The highest BCUT2D eigenvalue weighted by Gasteiger charge is 2.34. The van der Waals surface area contributed by atoms with Crippen molar-refractivity contribution < 1.29 is 21.6 Å². The van der Waals surface area contributed by atoms with Gasteiger partial charge in [-0.2, -0.15) is 18.4 Å². The molecular formula is C12H12ClF3N2O2S. The van der Waals surface area contributed by atoms with Crippen molar-refractivity contribution in [1.29, 1.82) is 5.26 Å². The highest BCUT2D eigenvalue weighted by Crippen LogP contribution is 2.33. The van der Waals surface area contributed by atoms with Crippen LogP contribution in [-0.2, 0) is 16.2 Å². The third-order valence-corrected chi connectivity index (χ3v) is 4.57. The second-order valence-electron chi connectivity index (χ2n) is 4.51. The first kappa shape index (κ1) is 17.6. The van der Waals surface area contributed by atoms with Crippen molar-refractivity contribution in [2.24, 2.45) is 5.92 Å². The molecule has 1 N–H and O–H groups in total. The summed E-state index contributed by atoms with van der Waals surface area (Å²) in [6.45, 7) is 1.60. The van der Waals surface area contributed by atoms with Gasteiger partial charge in [-0.25, -0.2) is 8.42 Å². The highest BCUT2D eigenvalue weighted by molar-refractivity contribution is 7.92. The number of nitrogens with one attached hydrogen (secondary N) is 1. The minimum absolute atomic E-state index is 0.113. The van der Waals surface area contributed by atoms with Crippen LogP contribution in [0.15, 0.2) is 18.2 Å². The van der Waals surface area contributed by atoms with Crippen molar-refractivity contribution in [2.45, 2.75) is 13.1 Å². The number of benzene rings is 1. The Hall–Kier alpha value is -1.46. The number of hydrogen-bond donors (Lipinski definition) is 1. The maximum absolute atomic E-state index is 12.8. The van der Waals surface area contributed by atoms with Gasteiger partial charge < -0.3 is 0 Å². The highest BCUT2D eigenvalue weighted by atomic mass is 35.5. The predicted octanol–water partition coefficient (Wildman–Crippen LogP) is 3.19. The van der Waals surface area contributed by atoms with Gasteiger partial charge in [0.05, 0.1) is 22.9 Å². The third kappa shape index (κ3) is 5.10. The first-order chi connectivity index (χ1) is 9.59. The fraction of sp³-hybridized carbons (Fsp3) is 0.417. The van der Waals surface area contributed by atoms with E-state index < -0.39 is 27.3 Å². The lowest BCUT2D eigenvalue weighted by molar-refractivity contribution is -0.137. The van der Waals surface area contributed by atoms with Crippen LogP contribution in [0.2, 0.25) is 0 Å². The molecule has 0 bridgehead atoms. The molecule has 21 heavy (non-hydrogen) atoms. The van der Waals surface area contributed by atoms with Gasteiger partial charge in [0.25, 0.3) is 0 Å². The van der Waals surface area contributed by atoms with Gasteiger partial charge in [0.1, 0.15) is 0 Å². The molecule has 0 amide bonds. The zero-order valence-electron chi connectivity index (χ0n) is 10.9. The van der Waals surface area contributed by atoms with Crippen LogP contribution in [0.3, 0.4) is 0 Å². The Kier molecular flexibility index (Phi) is 5.48. The molecule has 0 aliphatic carbocycles. The molecule has 1 rings (SSSR count). The van der Waals surface area contributed by atoms with E-state index in [2.05, 4.69) is 4.72 Å². The summed E-state index contributed by atoms with van der Waals surface area (Å²) in [6.07, 6.45) is -4.74. The molecule has 0 spiro atoms. The number of hydrogen-bond acceptors (Lipinski definition) is 3. The number of nitrogens with zero attached hydrogens (tertiary/aromatic N) is 1.